The third-order valence-corrected chi connectivity index (χ3v) is 4.70. The largest absolute Gasteiger partial charge is 0.320 e. The van der Waals surface area contributed by atoms with Crippen LogP contribution in [0.25, 0.3) is 0 Å². The maximum Gasteiger partial charge on any atom is 0.265 e. The van der Waals surface area contributed by atoms with Crippen molar-refractivity contribution in [1.82, 2.24) is 10.2 Å². The molecule has 0 aliphatic carbocycles. The van der Waals surface area contributed by atoms with E-state index in [1.54, 1.807) is 6.07 Å². The van der Waals surface area contributed by atoms with Crippen molar-refractivity contribution in [3.8, 4) is 11.8 Å². The van der Waals surface area contributed by atoms with E-state index in [1.807, 2.05) is 0 Å². The molecule has 1 aromatic heterocycles. The lowest BCUT2D eigenvalue weighted by molar-refractivity contribution is 0.601. The molecule has 0 amide bonds. The Bertz CT molecular complexity index is 763. The van der Waals surface area contributed by atoms with E-state index in [2.05, 4.69) is 26.8 Å². The monoisotopic (exact) mass is 328 g/mol. The first-order valence-corrected chi connectivity index (χ1v) is 8.04. The fourth-order valence-electron chi connectivity index (χ4n) is 1.34. The minimum absolute atomic E-state index is 0.0485. The van der Waals surface area contributed by atoms with Gasteiger partial charge in [0, 0.05) is 5.56 Å². The van der Waals surface area contributed by atoms with Crippen LogP contribution < -0.4 is 10.5 Å². The number of rotatable bonds is 3. The predicted octanol–water partition coefficient (Wildman–Crippen LogP) is 1.30. The normalized spacial score (nSPS) is 10.7. The van der Waals surface area contributed by atoms with Gasteiger partial charge in [0.1, 0.15) is 10.4 Å². The molecule has 0 saturated heterocycles. The Hall–Kier alpha value is -1.66. The molecule has 0 radical (unpaired) electrons. The van der Waals surface area contributed by atoms with E-state index in [0.717, 1.165) is 11.3 Å². The Kier molecular flexibility index (Phi) is 4.57. The molecule has 2 aromatic rings. The highest BCUT2D eigenvalue weighted by Gasteiger charge is 2.19. The van der Waals surface area contributed by atoms with Crippen molar-refractivity contribution < 1.29 is 8.42 Å². The van der Waals surface area contributed by atoms with Crippen molar-refractivity contribution >= 4 is 38.1 Å². The van der Waals surface area contributed by atoms with Gasteiger partial charge in [-0.1, -0.05) is 34.8 Å². The van der Waals surface area contributed by atoms with Gasteiger partial charge in [0.2, 0.25) is 5.13 Å². The molecule has 0 bridgehead atoms. The van der Waals surface area contributed by atoms with E-state index in [9.17, 15) is 8.42 Å². The van der Waals surface area contributed by atoms with Gasteiger partial charge in [-0.25, -0.2) is 8.42 Å². The highest BCUT2D eigenvalue weighted by atomic mass is 35.5. The SMILES string of the molecule is NCC#Cc1ccc(S(=O)(=O)Nc2nncs2)c(Cl)c1. The molecule has 0 aliphatic heterocycles. The van der Waals surface area contributed by atoms with Crippen molar-refractivity contribution in [1.29, 1.82) is 0 Å². The van der Waals surface area contributed by atoms with Gasteiger partial charge in [-0.15, -0.1) is 10.2 Å². The zero-order chi connectivity index (χ0) is 14.6. The smallest absolute Gasteiger partial charge is 0.265 e. The highest BCUT2D eigenvalue weighted by Crippen LogP contribution is 2.25. The Morgan fingerprint density at radius 3 is 2.85 bits per heavy atom. The molecule has 20 heavy (non-hydrogen) atoms. The summed E-state index contributed by atoms with van der Waals surface area (Å²) >= 11 is 7.05. The van der Waals surface area contributed by atoms with Crippen LogP contribution in [0.2, 0.25) is 5.02 Å². The van der Waals surface area contributed by atoms with Crippen LogP contribution in [0.3, 0.4) is 0 Å². The van der Waals surface area contributed by atoms with E-state index < -0.39 is 10.0 Å². The maximum absolute atomic E-state index is 12.1. The number of nitrogens with two attached hydrogens (primary N) is 1. The molecule has 1 heterocycles. The molecule has 0 saturated carbocycles. The van der Waals surface area contributed by atoms with Gasteiger partial charge in [-0.3, -0.25) is 4.72 Å². The fraction of sp³-hybridized carbons (Fsp3) is 0.0909. The number of sulfonamides is 1. The van der Waals surface area contributed by atoms with E-state index in [-0.39, 0.29) is 21.6 Å². The zero-order valence-electron chi connectivity index (χ0n) is 10.00. The Labute approximate surface area is 125 Å². The molecule has 0 aliphatic rings. The maximum atomic E-state index is 12.1. The average Bonchev–Trinajstić information content (AvgIpc) is 2.88. The van der Waals surface area contributed by atoms with Crippen LogP contribution in [0, 0.1) is 11.8 Å². The number of nitrogens with one attached hydrogen (secondary N) is 1. The molecule has 2 rings (SSSR count). The Balaban J connectivity index is 2.33. The molecular weight excluding hydrogens is 320 g/mol. The molecule has 9 heteroatoms. The van der Waals surface area contributed by atoms with Gasteiger partial charge in [0.25, 0.3) is 10.0 Å². The summed E-state index contributed by atoms with van der Waals surface area (Å²) in [6.07, 6.45) is 0. The number of benzene rings is 1. The lowest BCUT2D eigenvalue weighted by atomic mass is 10.2. The first-order chi connectivity index (χ1) is 9.53. The number of hydrogen-bond acceptors (Lipinski definition) is 6. The summed E-state index contributed by atoms with van der Waals surface area (Å²) in [6.45, 7) is 0.219. The summed E-state index contributed by atoms with van der Waals surface area (Å²) in [5.41, 5.74) is 7.28. The van der Waals surface area contributed by atoms with Crippen LogP contribution in [-0.4, -0.2) is 25.2 Å². The molecular formula is C11H9ClN4O2S2. The van der Waals surface area contributed by atoms with Crippen LogP contribution in [-0.2, 0) is 10.0 Å². The van der Waals surface area contributed by atoms with Crippen molar-refractivity contribution in [2.24, 2.45) is 5.73 Å². The Morgan fingerprint density at radius 2 is 2.25 bits per heavy atom. The number of anilines is 1. The minimum Gasteiger partial charge on any atom is -0.320 e. The summed E-state index contributed by atoms with van der Waals surface area (Å²) in [4.78, 5) is -0.0485. The first-order valence-electron chi connectivity index (χ1n) is 5.30. The van der Waals surface area contributed by atoms with Gasteiger partial charge in [-0.2, -0.15) is 0 Å². The van der Waals surface area contributed by atoms with Crippen molar-refractivity contribution in [2.45, 2.75) is 4.90 Å². The summed E-state index contributed by atoms with van der Waals surface area (Å²) in [5, 5.41) is 7.41. The number of aromatic nitrogens is 2. The van der Waals surface area contributed by atoms with Gasteiger partial charge in [0.05, 0.1) is 11.6 Å². The van der Waals surface area contributed by atoms with Crippen LogP contribution in [0.15, 0.2) is 28.6 Å². The van der Waals surface area contributed by atoms with Crippen molar-refractivity contribution in [3.05, 3.63) is 34.3 Å². The van der Waals surface area contributed by atoms with Gasteiger partial charge in [0.15, 0.2) is 0 Å². The summed E-state index contributed by atoms with van der Waals surface area (Å²) < 4.78 is 26.6. The van der Waals surface area contributed by atoms with Crippen LogP contribution in [0.5, 0.6) is 0 Å². The second-order valence-corrected chi connectivity index (χ2v) is 6.39. The van der Waals surface area contributed by atoms with Gasteiger partial charge >= 0.3 is 0 Å². The summed E-state index contributed by atoms with van der Waals surface area (Å²) in [5.74, 6) is 5.44. The van der Waals surface area contributed by atoms with Gasteiger partial charge < -0.3 is 5.73 Å². The fourth-order valence-corrected chi connectivity index (χ4v) is 3.58. The third kappa shape index (κ3) is 3.46. The zero-order valence-corrected chi connectivity index (χ0v) is 12.4. The van der Waals surface area contributed by atoms with E-state index in [4.69, 9.17) is 17.3 Å². The quantitative estimate of drug-likeness (QED) is 0.828. The van der Waals surface area contributed by atoms with E-state index in [0.29, 0.717) is 5.56 Å². The van der Waals surface area contributed by atoms with Crippen LogP contribution >= 0.6 is 22.9 Å². The van der Waals surface area contributed by atoms with Crippen LogP contribution in [0.4, 0.5) is 5.13 Å². The van der Waals surface area contributed by atoms with E-state index >= 15 is 0 Å². The number of halogens is 1. The number of nitrogens with zero attached hydrogens (tertiary/aromatic N) is 2. The summed E-state index contributed by atoms with van der Waals surface area (Å²) in [6, 6.07) is 4.41. The molecule has 1 aromatic carbocycles. The molecule has 0 atom stereocenters. The Morgan fingerprint density at radius 1 is 1.45 bits per heavy atom. The highest BCUT2D eigenvalue weighted by molar-refractivity contribution is 7.93. The van der Waals surface area contributed by atoms with E-state index in [1.165, 1.54) is 17.6 Å². The first kappa shape index (κ1) is 14.7. The van der Waals surface area contributed by atoms with Crippen LogP contribution in [0.1, 0.15) is 5.56 Å². The van der Waals surface area contributed by atoms with Crippen molar-refractivity contribution in [2.75, 3.05) is 11.3 Å². The van der Waals surface area contributed by atoms with Crippen molar-refractivity contribution in [3.63, 3.8) is 0 Å². The predicted molar refractivity (Wildman–Crippen MR) is 78.1 cm³/mol. The molecule has 0 unspecified atom stereocenters. The second-order valence-electron chi connectivity index (χ2n) is 3.50. The van der Waals surface area contributed by atoms with Gasteiger partial charge in [-0.05, 0) is 18.2 Å². The molecule has 104 valence electrons. The third-order valence-electron chi connectivity index (χ3n) is 2.14. The molecule has 0 fully saturated rings. The lowest BCUT2D eigenvalue weighted by Gasteiger charge is -2.06. The minimum atomic E-state index is -3.80. The molecule has 6 nitrogen and oxygen atoms in total. The number of hydrogen-bond donors (Lipinski definition) is 2. The molecule has 0 spiro atoms. The second kappa shape index (κ2) is 6.19. The average molecular weight is 329 g/mol. The molecule has 3 N–H and O–H groups in total. The topological polar surface area (TPSA) is 98.0 Å². The lowest BCUT2D eigenvalue weighted by Crippen LogP contribution is -2.13. The standard InChI is InChI=1S/C11H9ClN4O2S2/c12-9-6-8(2-1-5-13)3-4-10(9)20(17,18)16-11-15-14-7-19-11/h3-4,6-7H,5,13H2,(H,15,16). The summed E-state index contributed by atoms with van der Waals surface area (Å²) in [7, 11) is -3.80.